The van der Waals surface area contributed by atoms with Crippen LogP contribution in [0.5, 0.6) is 11.5 Å². The summed E-state index contributed by atoms with van der Waals surface area (Å²) in [5.74, 6) is -0.930. The summed E-state index contributed by atoms with van der Waals surface area (Å²) < 4.78 is 34.7. The SMILES string of the molecule is O=P([O-])([O-])Oc1c(-c2ccccc2)c(OP(=O)([O-])[O-])c(-c2ccccc2)c(-c2ccccc2)c1-c1ccccc1. The van der Waals surface area contributed by atoms with E-state index in [4.69, 9.17) is 9.05 Å². The van der Waals surface area contributed by atoms with Gasteiger partial charge in [0.05, 0.1) is 5.56 Å². The number of phosphoric ester groups is 2. The predicted molar refractivity (Wildman–Crippen MR) is 145 cm³/mol. The van der Waals surface area contributed by atoms with E-state index < -0.39 is 27.1 Å². The lowest BCUT2D eigenvalue weighted by atomic mass is 9.83. The van der Waals surface area contributed by atoms with E-state index in [1.54, 1.807) is 121 Å². The normalized spacial score (nSPS) is 11.7. The Labute approximate surface area is 230 Å². The van der Waals surface area contributed by atoms with Gasteiger partial charge in [-0.25, -0.2) is 0 Å². The second-order valence-electron chi connectivity index (χ2n) is 8.70. The highest BCUT2D eigenvalue weighted by Crippen LogP contribution is 2.59. The summed E-state index contributed by atoms with van der Waals surface area (Å²) in [6.45, 7) is 0. The molecule has 0 amide bonds. The number of hydrogen-bond donors (Lipinski definition) is 0. The molecule has 0 atom stereocenters. The fraction of sp³-hybridized carbons (Fsp3) is 0. The van der Waals surface area contributed by atoms with Crippen molar-refractivity contribution in [1.29, 1.82) is 0 Å². The minimum atomic E-state index is -5.73. The van der Waals surface area contributed by atoms with Crippen molar-refractivity contribution in [1.82, 2.24) is 0 Å². The third-order valence-electron chi connectivity index (χ3n) is 6.06. The van der Waals surface area contributed by atoms with E-state index in [0.717, 1.165) is 0 Å². The Bertz CT molecular complexity index is 1630. The third-order valence-corrected chi connectivity index (χ3v) is 6.88. The van der Waals surface area contributed by atoms with Crippen LogP contribution in [-0.2, 0) is 9.13 Å². The Morgan fingerprint density at radius 2 is 0.625 bits per heavy atom. The Morgan fingerprint density at radius 3 is 0.900 bits per heavy atom. The second kappa shape index (κ2) is 11.2. The molecule has 40 heavy (non-hydrogen) atoms. The van der Waals surface area contributed by atoms with Gasteiger partial charge in [-0.1, -0.05) is 121 Å². The Hall–Kier alpha value is -4.00. The van der Waals surface area contributed by atoms with Crippen molar-refractivity contribution in [3.8, 4) is 56.0 Å². The first kappa shape index (κ1) is 27.6. The van der Waals surface area contributed by atoms with Crippen molar-refractivity contribution >= 4 is 15.6 Å². The van der Waals surface area contributed by atoms with Crippen molar-refractivity contribution in [3.63, 3.8) is 0 Å². The van der Waals surface area contributed by atoms with Gasteiger partial charge in [0.1, 0.15) is 27.1 Å². The number of hydrogen-bond acceptors (Lipinski definition) is 8. The molecule has 5 rings (SSSR count). The van der Waals surface area contributed by atoms with Gasteiger partial charge >= 0.3 is 0 Å². The van der Waals surface area contributed by atoms with Gasteiger partial charge in [-0.3, -0.25) is 0 Å². The van der Waals surface area contributed by atoms with E-state index >= 15 is 0 Å². The van der Waals surface area contributed by atoms with Gasteiger partial charge < -0.3 is 37.8 Å². The highest BCUT2D eigenvalue weighted by Gasteiger charge is 2.30. The van der Waals surface area contributed by atoms with Crippen LogP contribution < -0.4 is 28.6 Å². The maximum Gasteiger partial charge on any atom is 0.144 e. The van der Waals surface area contributed by atoms with Crippen LogP contribution in [0.3, 0.4) is 0 Å². The lowest BCUT2D eigenvalue weighted by molar-refractivity contribution is -0.335. The van der Waals surface area contributed by atoms with Crippen molar-refractivity contribution in [2.45, 2.75) is 0 Å². The lowest BCUT2D eigenvalue weighted by Gasteiger charge is -2.36. The topological polar surface area (TPSA) is 145 Å². The van der Waals surface area contributed by atoms with Gasteiger partial charge in [0.25, 0.3) is 0 Å². The molecule has 5 aromatic rings. The highest BCUT2D eigenvalue weighted by atomic mass is 31.2. The summed E-state index contributed by atoms with van der Waals surface area (Å²) in [5.41, 5.74) is 2.21. The molecule has 0 unspecified atom stereocenters. The molecule has 0 saturated heterocycles. The molecule has 0 spiro atoms. The molecule has 0 aliphatic heterocycles. The average Bonchev–Trinajstić information content (AvgIpc) is 2.93. The fourth-order valence-corrected chi connectivity index (χ4v) is 5.44. The summed E-state index contributed by atoms with van der Waals surface area (Å²) >= 11 is 0. The van der Waals surface area contributed by atoms with Gasteiger partial charge in [-0.05, 0) is 22.3 Å². The molecule has 202 valence electrons. The van der Waals surface area contributed by atoms with Gasteiger partial charge in [0, 0.05) is 16.7 Å². The first-order valence-electron chi connectivity index (χ1n) is 12.0. The maximum absolute atomic E-state index is 12.2. The quantitative estimate of drug-likeness (QED) is 0.243. The van der Waals surface area contributed by atoms with E-state index in [-0.39, 0.29) is 22.3 Å². The second-order valence-corrected chi connectivity index (χ2v) is 10.9. The van der Waals surface area contributed by atoms with E-state index in [1.807, 2.05) is 0 Å². The van der Waals surface area contributed by atoms with Crippen molar-refractivity contribution < 1.29 is 37.8 Å². The summed E-state index contributed by atoms with van der Waals surface area (Å²) in [5, 5.41) is 0. The summed E-state index contributed by atoms with van der Waals surface area (Å²) in [4.78, 5) is 48.8. The largest absolute Gasteiger partial charge is 0.780 e. The Balaban J connectivity index is 2.11. The highest BCUT2D eigenvalue weighted by molar-refractivity contribution is 7.44. The Morgan fingerprint density at radius 1 is 0.375 bits per heavy atom. The van der Waals surface area contributed by atoms with Crippen LogP contribution in [0.2, 0.25) is 0 Å². The molecule has 0 radical (unpaired) electrons. The van der Waals surface area contributed by atoms with E-state index in [1.165, 1.54) is 0 Å². The minimum Gasteiger partial charge on any atom is -0.780 e. The van der Waals surface area contributed by atoms with E-state index in [2.05, 4.69) is 0 Å². The van der Waals surface area contributed by atoms with Crippen LogP contribution in [0, 0.1) is 0 Å². The molecule has 0 fully saturated rings. The monoisotopic (exact) mass is 570 g/mol. The van der Waals surface area contributed by atoms with Crippen LogP contribution in [0.4, 0.5) is 0 Å². The minimum absolute atomic E-state index is 0.183. The summed E-state index contributed by atoms with van der Waals surface area (Å²) in [6, 6.07) is 34.0. The predicted octanol–water partition coefficient (Wildman–Crippen LogP) is 4.77. The van der Waals surface area contributed by atoms with Crippen LogP contribution in [0.1, 0.15) is 0 Å². The van der Waals surface area contributed by atoms with Gasteiger partial charge in [0.15, 0.2) is 0 Å². The van der Waals surface area contributed by atoms with Crippen LogP contribution >= 0.6 is 15.6 Å². The first-order valence-corrected chi connectivity index (χ1v) is 14.9. The molecule has 8 nitrogen and oxygen atoms in total. The molecule has 0 aliphatic carbocycles. The molecule has 0 heterocycles. The van der Waals surface area contributed by atoms with Crippen LogP contribution in [-0.4, -0.2) is 0 Å². The zero-order valence-electron chi connectivity index (χ0n) is 20.7. The molecular weight excluding hydrogens is 550 g/mol. The van der Waals surface area contributed by atoms with Gasteiger partial charge in [-0.2, -0.15) is 0 Å². The smallest absolute Gasteiger partial charge is 0.144 e. The summed E-state index contributed by atoms with van der Waals surface area (Å²) in [6.07, 6.45) is 0. The molecule has 0 bridgehead atoms. The van der Waals surface area contributed by atoms with Crippen molar-refractivity contribution in [2.24, 2.45) is 0 Å². The molecule has 0 N–H and O–H groups in total. The standard InChI is InChI=1S/C30H24O8P2/c31-39(32,33)37-29-26(22-15-7-2-8-16-22)25(21-13-5-1-6-14-21)27(23-17-9-3-10-18-23)30(38-40(34,35)36)28(29)24-19-11-4-12-20-24/h1-20H,(H2,31,32,33)(H2,34,35,36)/p-4. The number of phosphoric acid groups is 2. The molecule has 0 aromatic heterocycles. The number of rotatable bonds is 8. The first-order chi connectivity index (χ1) is 19.1. The van der Waals surface area contributed by atoms with Gasteiger partial charge in [0.2, 0.25) is 0 Å². The molecule has 10 heteroatoms. The molecular formula is C30H20O8P2-4. The van der Waals surface area contributed by atoms with Crippen LogP contribution in [0.15, 0.2) is 121 Å². The maximum atomic E-state index is 12.2. The van der Waals surface area contributed by atoms with Gasteiger partial charge in [-0.15, -0.1) is 0 Å². The lowest BCUT2D eigenvalue weighted by Crippen LogP contribution is -2.21. The van der Waals surface area contributed by atoms with Crippen molar-refractivity contribution in [3.05, 3.63) is 121 Å². The molecule has 5 aromatic carbocycles. The third kappa shape index (κ3) is 6.09. The summed E-state index contributed by atoms with van der Waals surface area (Å²) in [7, 11) is -11.5. The van der Waals surface area contributed by atoms with E-state index in [9.17, 15) is 28.7 Å². The average molecular weight is 570 g/mol. The number of benzene rings is 5. The molecule has 0 aliphatic rings. The van der Waals surface area contributed by atoms with E-state index in [0.29, 0.717) is 22.3 Å². The van der Waals surface area contributed by atoms with Crippen LogP contribution in [0.25, 0.3) is 44.5 Å². The fourth-order valence-electron chi connectivity index (χ4n) is 4.63. The zero-order chi connectivity index (χ0) is 28.3. The van der Waals surface area contributed by atoms with Crippen molar-refractivity contribution in [2.75, 3.05) is 0 Å². The molecule has 0 saturated carbocycles. The Kier molecular flexibility index (Phi) is 7.74. The zero-order valence-corrected chi connectivity index (χ0v) is 22.5.